The van der Waals surface area contributed by atoms with Gasteiger partial charge in [-0.05, 0) is 57.2 Å². The molecule has 0 unspecified atom stereocenters. The van der Waals surface area contributed by atoms with E-state index in [9.17, 15) is 8.42 Å². The van der Waals surface area contributed by atoms with Gasteiger partial charge in [-0.2, -0.15) is 0 Å². The van der Waals surface area contributed by atoms with Crippen LogP contribution in [0.15, 0.2) is 59.5 Å². The fourth-order valence-corrected chi connectivity index (χ4v) is 3.65. The number of hydrogen-bond donors (Lipinski definition) is 0. The first-order valence-electron chi connectivity index (χ1n) is 7.29. The van der Waals surface area contributed by atoms with Crippen molar-refractivity contribution in [2.75, 3.05) is 10.8 Å². The maximum atomic E-state index is 12.8. The van der Waals surface area contributed by atoms with Crippen LogP contribution in [0.1, 0.15) is 20.8 Å². The van der Waals surface area contributed by atoms with Crippen molar-refractivity contribution in [3.05, 3.63) is 54.6 Å². The van der Waals surface area contributed by atoms with Crippen molar-refractivity contribution in [2.24, 2.45) is 0 Å². The molecule has 118 valence electrons. The van der Waals surface area contributed by atoms with Crippen LogP contribution in [0.25, 0.3) is 0 Å². The van der Waals surface area contributed by atoms with Gasteiger partial charge in [0, 0.05) is 6.54 Å². The van der Waals surface area contributed by atoms with Crippen LogP contribution >= 0.6 is 0 Å². The van der Waals surface area contributed by atoms with Crippen LogP contribution in [-0.2, 0) is 10.0 Å². The molecule has 2 aromatic rings. The molecule has 0 heterocycles. The molecule has 5 heteroatoms. The normalized spacial score (nSPS) is 11.5. The third-order valence-corrected chi connectivity index (χ3v) is 5.03. The number of nitrogens with zero attached hydrogens (tertiary/aromatic N) is 1. The van der Waals surface area contributed by atoms with Crippen molar-refractivity contribution in [3.8, 4) is 5.75 Å². The van der Waals surface area contributed by atoms with Crippen molar-refractivity contribution < 1.29 is 13.2 Å². The molecular weight excluding hydrogens is 298 g/mol. The van der Waals surface area contributed by atoms with Gasteiger partial charge in [-0.25, -0.2) is 8.42 Å². The third kappa shape index (κ3) is 3.60. The highest BCUT2D eigenvalue weighted by Gasteiger charge is 2.23. The molecule has 4 nitrogen and oxygen atoms in total. The number of hydrogen-bond acceptors (Lipinski definition) is 3. The lowest BCUT2D eigenvalue weighted by Gasteiger charge is -2.23. The van der Waals surface area contributed by atoms with Gasteiger partial charge in [0.2, 0.25) is 0 Å². The van der Waals surface area contributed by atoms with Crippen LogP contribution in [0.3, 0.4) is 0 Å². The smallest absolute Gasteiger partial charge is 0.264 e. The Labute approximate surface area is 132 Å². The molecule has 2 rings (SSSR count). The second kappa shape index (κ2) is 6.83. The second-order valence-electron chi connectivity index (χ2n) is 5.14. The predicted molar refractivity (Wildman–Crippen MR) is 88.9 cm³/mol. The summed E-state index contributed by atoms with van der Waals surface area (Å²) in [6.45, 7) is 6.05. The first-order valence-corrected chi connectivity index (χ1v) is 8.73. The molecule has 22 heavy (non-hydrogen) atoms. The Morgan fingerprint density at radius 1 is 1.00 bits per heavy atom. The standard InChI is InChI=1S/C17H21NO3S/c1-4-18(15-8-6-5-7-9-15)22(19,20)17-12-10-16(11-13-17)21-14(2)3/h5-14H,4H2,1-3H3. The van der Waals surface area contributed by atoms with Crippen LogP contribution in [0.5, 0.6) is 5.75 Å². The molecule has 0 aliphatic carbocycles. The van der Waals surface area contributed by atoms with Gasteiger partial charge in [0.25, 0.3) is 10.0 Å². The second-order valence-corrected chi connectivity index (χ2v) is 7.01. The van der Waals surface area contributed by atoms with Crippen molar-refractivity contribution in [3.63, 3.8) is 0 Å². The number of ether oxygens (including phenoxy) is 1. The van der Waals surface area contributed by atoms with E-state index in [2.05, 4.69) is 0 Å². The van der Waals surface area contributed by atoms with Crippen molar-refractivity contribution in [1.29, 1.82) is 0 Å². The van der Waals surface area contributed by atoms with E-state index in [4.69, 9.17) is 4.74 Å². The molecule has 0 spiro atoms. The molecule has 0 amide bonds. The minimum absolute atomic E-state index is 0.0546. The molecule has 0 bridgehead atoms. The van der Waals surface area contributed by atoms with Gasteiger partial charge in [-0.3, -0.25) is 4.31 Å². The SMILES string of the molecule is CCN(c1ccccc1)S(=O)(=O)c1ccc(OC(C)C)cc1. The van der Waals surface area contributed by atoms with E-state index in [1.807, 2.05) is 39.0 Å². The Morgan fingerprint density at radius 2 is 1.59 bits per heavy atom. The van der Waals surface area contributed by atoms with Crippen LogP contribution in [-0.4, -0.2) is 21.1 Å². The quantitative estimate of drug-likeness (QED) is 0.816. The highest BCUT2D eigenvalue weighted by molar-refractivity contribution is 7.92. The van der Waals surface area contributed by atoms with Crippen molar-refractivity contribution in [1.82, 2.24) is 0 Å². The van der Waals surface area contributed by atoms with Crippen LogP contribution in [0.2, 0.25) is 0 Å². The Bertz CT molecular complexity index is 694. The molecule has 0 aromatic heterocycles. The molecule has 0 saturated heterocycles. The first-order chi connectivity index (χ1) is 10.4. The average molecular weight is 319 g/mol. The van der Waals surface area contributed by atoms with E-state index in [0.29, 0.717) is 18.0 Å². The summed E-state index contributed by atoms with van der Waals surface area (Å²) < 4.78 is 32.5. The van der Waals surface area contributed by atoms with Gasteiger partial charge in [-0.1, -0.05) is 18.2 Å². The summed E-state index contributed by atoms with van der Waals surface area (Å²) in [6, 6.07) is 15.6. The molecule has 0 aliphatic rings. The summed E-state index contributed by atoms with van der Waals surface area (Å²) in [4.78, 5) is 0.259. The third-order valence-electron chi connectivity index (χ3n) is 3.11. The minimum atomic E-state index is -3.57. The Hall–Kier alpha value is -2.01. The highest BCUT2D eigenvalue weighted by atomic mass is 32.2. The summed E-state index contributed by atoms with van der Waals surface area (Å²) in [5.74, 6) is 0.664. The summed E-state index contributed by atoms with van der Waals surface area (Å²) in [7, 11) is -3.57. The van der Waals surface area contributed by atoms with E-state index < -0.39 is 10.0 Å². The molecule has 2 aromatic carbocycles. The molecule has 0 aliphatic heterocycles. The largest absolute Gasteiger partial charge is 0.491 e. The van der Waals surface area contributed by atoms with Gasteiger partial charge in [0.05, 0.1) is 16.7 Å². The molecule has 0 fully saturated rings. The van der Waals surface area contributed by atoms with Crippen LogP contribution in [0, 0.1) is 0 Å². The predicted octanol–water partition coefficient (Wildman–Crippen LogP) is 3.69. The van der Waals surface area contributed by atoms with Crippen molar-refractivity contribution in [2.45, 2.75) is 31.8 Å². The van der Waals surface area contributed by atoms with E-state index in [-0.39, 0.29) is 11.0 Å². The number of para-hydroxylation sites is 1. The van der Waals surface area contributed by atoms with Crippen molar-refractivity contribution >= 4 is 15.7 Å². The monoisotopic (exact) mass is 319 g/mol. The van der Waals surface area contributed by atoms with Gasteiger partial charge in [-0.15, -0.1) is 0 Å². The fourth-order valence-electron chi connectivity index (χ4n) is 2.18. The highest BCUT2D eigenvalue weighted by Crippen LogP contribution is 2.24. The Kier molecular flexibility index (Phi) is 5.08. The van der Waals surface area contributed by atoms with Gasteiger partial charge >= 0.3 is 0 Å². The summed E-state index contributed by atoms with van der Waals surface area (Å²) in [5, 5.41) is 0. The molecule has 0 N–H and O–H groups in total. The number of anilines is 1. The van der Waals surface area contributed by atoms with Crippen LogP contribution < -0.4 is 9.04 Å². The van der Waals surface area contributed by atoms with E-state index in [1.54, 1.807) is 36.4 Å². The number of rotatable bonds is 6. The summed E-state index contributed by atoms with van der Waals surface area (Å²) in [5.41, 5.74) is 0.660. The summed E-state index contributed by atoms with van der Waals surface area (Å²) in [6.07, 6.45) is 0.0546. The lowest BCUT2D eigenvalue weighted by molar-refractivity contribution is 0.242. The maximum Gasteiger partial charge on any atom is 0.264 e. The van der Waals surface area contributed by atoms with E-state index >= 15 is 0 Å². The Morgan fingerprint density at radius 3 is 2.09 bits per heavy atom. The summed E-state index contributed by atoms with van der Waals surface area (Å²) >= 11 is 0. The lowest BCUT2D eigenvalue weighted by atomic mass is 10.3. The molecular formula is C17H21NO3S. The lowest BCUT2D eigenvalue weighted by Crippen LogP contribution is -2.30. The van der Waals surface area contributed by atoms with Gasteiger partial charge < -0.3 is 4.74 Å². The Balaban J connectivity index is 2.32. The zero-order valence-electron chi connectivity index (χ0n) is 13.1. The van der Waals surface area contributed by atoms with E-state index in [1.165, 1.54) is 4.31 Å². The number of benzene rings is 2. The molecule has 0 radical (unpaired) electrons. The topological polar surface area (TPSA) is 46.6 Å². The van der Waals surface area contributed by atoms with E-state index in [0.717, 1.165) is 0 Å². The molecule has 0 saturated carbocycles. The number of sulfonamides is 1. The maximum absolute atomic E-state index is 12.8. The zero-order valence-corrected chi connectivity index (χ0v) is 13.9. The van der Waals surface area contributed by atoms with Gasteiger partial charge in [0.15, 0.2) is 0 Å². The van der Waals surface area contributed by atoms with Gasteiger partial charge in [0.1, 0.15) is 5.75 Å². The first kappa shape index (κ1) is 16.4. The molecule has 0 atom stereocenters. The fraction of sp³-hybridized carbons (Fsp3) is 0.294. The van der Waals surface area contributed by atoms with Crippen LogP contribution in [0.4, 0.5) is 5.69 Å². The minimum Gasteiger partial charge on any atom is -0.491 e. The average Bonchev–Trinajstić information content (AvgIpc) is 2.49. The zero-order chi connectivity index (χ0) is 16.2.